The number of rotatable bonds is 2. The second kappa shape index (κ2) is 7.24. The number of piperidine rings is 1. The van der Waals surface area contributed by atoms with Crippen molar-refractivity contribution in [1.29, 1.82) is 0 Å². The molecule has 0 unspecified atom stereocenters. The molecule has 1 saturated heterocycles. The predicted molar refractivity (Wildman–Crippen MR) is 128 cm³/mol. The second-order valence-electron chi connectivity index (χ2n) is 9.72. The summed E-state index contributed by atoms with van der Waals surface area (Å²) in [7, 11) is 0. The average Bonchev–Trinajstić information content (AvgIpc) is 3.29. The zero-order chi connectivity index (χ0) is 22.7. The SMILES string of the molecule is Cc1nccc(-c2ccc3c(c2)[C@]2(C)CCN(C(=O)c4ccc5nc[nH]c5c4)[C@H](C3)[C@H]2C)n1. The van der Waals surface area contributed by atoms with Gasteiger partial charge in [-0.2, -0.15) is 0 Å². The van der Waals surface area contributed by atoms with Gasteiger partial charge in [0, 0.05) is 29.9 Å². The highest BCUT2D eigenvalue weighted by Gasteiger charge is 2.49. The zero-order valence-electron chi connectivity index (χ0n) is 19.2. The fourth-order valence-corrected chi connectivity index (χ4v) is 5.88. The maximum absolute atomic E-state index is 13.6. The third-order valence-electron chi connectivity index (χ3n) is 8.01. The number of hydrogen-bond donors (Lipinski definition) is 1. The van der Waals surface area contributed by atoms with Crippen LogP contribution in [0.3, 0.4) is 0 Å². The molecule has 3 atom stereocenters. The molecule has 33 heavy (non-hydrogen) atoms. The van der Waals surface area contributed by atoms with Crippen molar-refractivity contribution in [2.75, 3.05) is 6.54 Å². The minimum absolute atomic E-state index is 0.0282. The van der Waals surface area contributed by atoms with E-state index >= 15 is 0 Å². The van der Waals surface area contributed by atoms with E-state index in [2.05, 4.69) is 56.9 Å². The first kappa shape index (κ1) is 20.1. The molecule has 2 bridgehead atoms. The lowest BCUT2D eigenvalue weighted by Crippen LogP contribution is -2.59. The van der Waals surface area contributed by atoms with Crippen molar-refractivity contribution in [1.82, 2.24) is 24.8 Å². The molecule has 2 aromatic heterocycles. The van der Waals surface area contributed by atoms with Gasteiger partial charge in [0.25, 0.3) is 5.91 Å². The number of carbonyl (C=O) groups excluding carboxylic acids is 1. The number of hydrogen-bond acceptors (Lipinski definition) is 4. The van der Waals surface area contributed by atoms with Crippen molar-refractivity contribution in [3.8, 4) is 11.3 Å². The largest absolute Gasteiger partial charge is 0.345 e. The minimum Gasteiger partial charge on any atom is -0.345 e. The summed E-state index contributed by atoms with van der Waals surface area (Å²) < 4.78 is 0. The maximum atomic E-state index is 13.6. The van der Waals surface area contributed by atoms with Crippen LogP contribution in [-0.2, 0) is 11.8 Å². The molecule has 166 valence electrons. The van der Waals surface area contributed by atoms with Gasteiger partial charge in [-0.1, -0.05) is 26.0 Å². The standard InChI is InChI=1S/C27H27N5O/c1-16-25-14-18-4-5-19(22-8-10-28-17(2)31-22)12-21(18)27(16,3)9-11-32(25)26(33)20-6-7-23-24(13-20)30-15-29-23/h4-8,10,12-13,15-16,25H,9,11,14H2,1-3H3,(H,29,30)/t16-,25-,27-/m1/s1. The molecule has 1 fully saturated rings. The van der Waals surface area contributed by atoms with Gasteiger partial charge in [-0.25, -0.2) is 15.0 Å². The minimum atomic E-state index is 0.0282. The van der Waals surface area contributed by atoms with Crippen LogP contribution in [0.5, 0.6) is 0 Å². The molecule has 4 aromatic rings. The zero-order valence-corrected chi connectivity index (χ0v) is 19.2. The molecule has 2 aromatic carbocycles. The van der Waals surface area contributed by atoms with Gasteiger partial charge in [-0.15, -0.1) is 0 Å². The lowest BCUT2D eigenvalue weighted by atomic mass is 9.58. The summed E-state index contributed by atoms with van der Waals surface area (Å²) in [6.07, 6.45) is 5.32. The van der Waals surface area contributed by atoms with E-state index in [1.807, 2.05) is 37.4 Å². The quantitative estimate of drug-likeness (QED) is 0.494. The number of amides is 1. The van der Waals surface area contributed by atoms with E-state index in [1.54, 1.807) is 6.33 Å². The Kier molecular flexibility index (Phi) is 4.41. The third-order valence-corrected chi connectivity index (χ3v) is 8.01. The average molecular weight is 438 g/mol. The van der Waals surface area contributed by atoms with E-state index in [9.17, 15) is 4.79 Å². The first-order valence-electron chi connectivity index (χ1n) is 11.6. The van der Waals surface area contributed by atoms with Gasteiger partial charge in [-0.3, -0.25) is 4.79 Å². The number of aromatic amines is 1. The number of aryl methyl sites for hydroxylation is 1. The number of fused-ring (bicyclic) bond motifs is 5. The second-order valence-corrected chi connectivity index (χ2v) is 9.72. The van der Waals surface area contributed by atoms with Crippen LogP contribution in [0.2, 0.25) is 0 Å². The molecule has 3 heterocycles. The van der Waals surface area contributed by atoms with Crippen molar-refractivity contribution in [2.45, 2.75) is 45.1 Å². The van der Waals surface area contributed by atoms with E-state index < -0.39 is 0 Å². The highest BCUT2D eigenvalue weighted by molar-refractivity contribution is 5.97. The normalized spacial score (nSPS) is 24.0. The number of aromatic nitrogens is 4. The van der Waals surface area contributed by atoms with Crippen molar-refractivity contribution in [3.05, 3.63) is 77.5 Å². The fourth-order valence-electron chi connectivity index (χ4n) is 5.88. The number of benzene rings is 2. The van der Waals surface area contributed by atoms with Crippen LogP contribution in [0.25, 0.3) is 22.3 Å². The van der Waals surface area contributed by atoms with Crippen molar-refractivity contribution in [3.63, 3.8) is 0 Å². The van der Waals surface area contributed by atoms with Gasteiger partial charge in [0.15, 0.2) is 0 Å². The summed E-state index contributed by atoms with van der Waals surface area (Å²) in [5.41, 5.74) is 7.39. The Balaban J connectivity index is 1.35. The molecule has 0 radical (unpaired) electrons. The molecule has 1 amide bonds. The molecule has 0 spiro atoms. The summed E-state index contributed by atoms with van der Waals surface area (Å²) in [5, 5.41) is 0. The summed E-state index contributed by atoms with van der Waals surface area (Å²) in [5.74, 6) is 1.26. The Bertz CT molecular complexity index is 1390. The van der Waals surface area contributed by atoms with Gasteiger partial charge in [0.2, 0.25) is 0 Å². The number of imidazole rings is 1. The van der Waals surface area contributed by atoms with Crippen LogP contribution in [-0.4, -0.2) is 43.3 Å². The van der Waals surface area contributed by atoms with Crippen molar-refractivity contribution < 1.29 is 4.79 Å². The lowest BCUT2D eigenvalue weighted by molar-refractivity contribution is 0.0251. The molecular formula is C27H27N5O. The molecule has 6 nitrogen and oxygen atoms in total. The van der Waals surface area contributed by atoms with Gasteiger partial charge < -0.3 is 9.88 Å². The summed E-state index contributed by atoms with van der Waals surface area (Å²) >= 11 is 0. The first-order chi connectivity index (χ1) is 15.9. The van der Waals surface area contributed by atoms with E-state index in [4.69, 9.17) is 0 Å². The van der Waals surface area contributed by atoms with Crippen molar-refractivity contribution in [2.24, 2.45) is 5.92 Å². The molecule has 1 aliphatic carbocycles. The first-order valence-corrected chi connectivity index (χ1v) is 11.6. The van der Waals surface area contributed by atoms with Gasteiger partial charge in [0.1, 0.15) is 5.82 Å². The molecule has 1 aliphatic heterocycles. The van der Waals surface area contributed by atoms with Crippen LogP contribution in [0.4, 0.5) is 0 Å². The highest BCUT2D eigenvalue weighted by atomic mass is 16.2. The van der Waals surface area contributed by atoms with Gasteiger partial charge in [0.05, 0.1) is 23.1 Å². The van der Waals surface area contributed by atoms with E-state index in [0.717, 1.165) is 53.1 Å². The van der Waals surface area contributed by atoms with Gasteiger partial charge >= 0.3 is 0 Å². The van der Waals surface area contributed by atoms with E-state index in [-0.39, 0.29) is 17.4 Å². The number of nitrogens with one attached hydrogen (secondary N) is 1. The maximum Gasteiger partial charge on any atom is 0.254 e. The Hall–Kier alpha value is -3.54. The third kappa shape index (κ3) is 3.08. The monoisotopic (exact) mass is 437 g/mol. The Morgan fingerprint density at radius 2 is 2.03 bits per heavy atom. The molecule has 6 heteroatoms. The molecule has 2 aliphatic rings. The van der Waals surface area contributed by atoms with Crippen molar-refractivity contribution >= 4 is 16.9 Å². The van der Waals surface area contributed by atoms with Gasteiger partial charge in [-0.05, 0) is 72.6 Å². The van der Waals surface area contributed by atoms with Crippen LogP contribution in [0.1, 0.15) is 47.6 Å². The smallest absolute Gasteiger partial charge is 0.254 e. The molecular weight excluding hydrogens is 410 g/mol. The Morgan fingerprint density at radius 1 is 1.15 bits per heavy atom. The predicted octanol–water partition coefficient (Wildman–Crippen LogP) is 4.69. The lowest BCUT2D eigenvalue weighted by Gasteiger charge is -2.54. The summed E-state index contributed by atoms with van der Waals surface area (Å²) in [4.78, 5) is 31.9. The molecule has 1 N–H and O–H groups in total. The van der Waals surface area contributed by atoms with E-state index in [1.165, 1.54) is 11.1 Å². The summed E-state index contributed by atoms with van der Waals surface area (Å²) in [6, 6.07) is 14.6. The van der Waals surface area contributed by atoms with Crippen LogP contribution in [0.15, 0.2) is 55.0 Å². The summed E-state index contributed by atoms with van der Waals surface area (Å²) in [6.45, 7) is 7.37. The number of carbonyl (C=O) groups is 1. The van der Waals surface area contributed by atoms with E-state index in [0.29, 0.717) is 5.92 Å². The number of H-pyrrole nitrogens is 1. The Labute approximate surface area is 193 Å². The molecule has 0 saturated carbocycles. The highest BCUT2D eigenvalue weighted by Crippen LogP contribution is 2.49. The van der Waals surface area contributed by atoms with Crippen LogP contribution in [0, 0.1) is 12.8 Å². The van der Waals surface area contributed by atoms with Crippen LogP contribution >= 0.6 is 0 Å². The number of likely N-dealkylation sites (tertiary alicyclic amines) is 1. The number of nitrogens with zero attached hydrogens (tertiary/aromatic N) is 4. The molecule has 6 rings (SSSR count). The Morgan fingerprint density at radius 3 is 2.88 bits per heavy atom. The topological polar surface area (TPSA) is 74.8 Å². The van der Waals surface area contributed by atoms with Crippen LogP contribution < -0.4 is 0 Å². The fraction of sp³-hybridized carbons (Fsp3) is 0.333.